The maximum atomic E-state index is 11.9. The second-order valence-corrected chi connectivity index (χ2v) is 5.40. The molecule has 1 amide bonds. The standard InChI is InChI=1S/C15H22N2O3/c1-11-15(2,7-9-19-11)17-14(18)6-8-20-13-5-3-4-12(16)10-13/h3-5,10-11H,6-9,16H2,1-2H3,(H,17,18). The van der Waals surface area contributed by atoms with Gasteiger partial charge in [0.25, 0.3) is 0 Å². The maximum Gasteiger partial charge on any atom is 0.223 e. The highest BCUT2D eigenvalue weighted by molar-refractivity contribution is 5.77. The first-order valence-electron chi connectivity index (χ1n) is 6.90. The first-order valence-corrected chi connectivity index (χ1v) is 6.90. The number of hydrogen-bond donors (Lipinski definition) is 2. The number of benzene rings is 1. The summed E-state index contributed by atoms with van der Waals surface area (Å²) in [5, 5.41) is 3.03. The summed E-state index contributed by atoms with van der Waals surface area (Å²) in [5.74, 6) is 0.662. The Bertz CT molecular complexity index is 478. The van der Waals surface area contributed by atoms with Gasteiger partial charge in [-0.3, -0.25) is 4.79 Å². The highest BCUT2D eigenvalue weighted by Crippen LogP contribution is 2.25. The van der Waals surface area contributed by atoms with Crippen molar-refractivity contribution in [3.05, 3.63) is 24.3 Å². The molecule has 1 aliphatic rings. The van der Waals surface area contributed by atoms with Gasteiger partial charge in [-0.2, -0.15) is 0 Å². The Balaban J connectivity index is 1.75. The van der Waals surface area contributed by atoms with Gasteiger partial charge in [0.1, 0.15) is 5.75 Å². The van der Waals surface area contributed by atoms with Gasteiger partial charge in [0.05, 0.1) is 24.7 Å². The van der Waals surface area contributed by atoms with Gasteiger partial charge in [-0.15, -0.1) is 0 Å². The number of hydrogen-bond acceptors (Lipinski definition) is 4. The highest BCUT2D eigenvalue weighted by atomic mass is 16.5. The molecule has 1 saturated heterocycles. The lowest BCUT2D eigenvalue weighted by Crippen LogP contribution is -2.50. The van der Waals surface area contributed by atoms with Gasteiger partial charge < -0.3 is 20.5 Å². The van der Waals surface area contributed by atoms with Crippen molar-refractivity contribution in [2.45, 2.75) is 38.3 Å². The Morgan fingerprint density at radius 3 is 3.05 bits per heavy atom. The minimum absolute atomic E-state index is 0.0197. The fraction of sp³-hybridized carbons (Fsp3) is 0.533. The Morgan fingerprint density at radius 1 is 1.60 bits per heavy atom. The zero-order valence-corrected chi connectivity index (χ0v) is 12.0. The summed E-state index contributed by atoms with van der Waals surface area (Å²) < 4.78 is 11.0. The predicted octanol–water partition coefficient (Wildman–Crippen LogP) is 1.72. The van der Waals surface area contributed by atoms with Crippen LogP contribution in [-0.4, -0.2) is 30.8 Å². The van der Waals surface area contributed by atoms with E-state index < -0.39 is 0 Å². The third kappa shape index (κ3) is 3.63. The minimum Gasteiger partial charge on any atom is -0.493 e. The summed E-state index contributed by atoms with van der Waals surface area (Å²) in [4.78, 5) is 11.9. The molecule has 0 saturated carbocycles. The van der Waals surface area contributed by atoms with Gasteiger partial charge in [0.15, 0.2) is 0 Å². The number of carbonyl (C=O) groups is 1. The number of nitrogens with two attached hydrogens (primary N) is 1. The van der Waals surface area contributed by atoms with Gasteiger partial charge >= 0.3 is 0 Å². The van der Waals surface area contributed by atoms with E-state index >= 15 is 0 Å². The van der Waals surface area contributed by atoms with Crippen LogP contribution in [0.3, 0.4) is 0 Å². The molecule has 0 radical (unpaired) electrons. The summed E-state index contributed by atoms with van der Waals surface area (Å²) >= 11 is 0. The van der Waals surface area contributed by atoms with Crippen molar-refractivity contribution in [2.24, 2.45) is 0 Å². The van der Waals surface area contributed by atoms with Gasteiger partial charge in [-0.25, -0.2) is 0 Å². The molecule has 1 aromatic carbocycles. The average Bonchev–Trinajstić information content (AvgIpc) is 2.69. The van der Waals surface area contributed by atoms with Crippen molar-refractivity contribution in [2.75, 3.05) is 18.9 Å². The molecule has 1 aromatic rings. The summed E-state index contributed by atoms with van der Waals surface area (Å²) in [7, 11) is 0. The average molecular weight is 278 g/mol. The number of nitrogens with one attached hydrogen (secondary N) is 1. The molecule has 0 aliphatic carbocycles. The molecule has 3 N–H and O–H groups in total. The fourth-order valence-electron chi connectivity index (χ4n) is 2.25. The second-order valence-electron chi connectivity index (χ2n) is 5.40. The van der Waals surface area contributed by atoms with E-state index in [1.54, 1.807) is 12.1 Å². The number of anilines is 1. The van der Waals surface area contributed by atoms with Crippen LogP contribution in [0, 0.1) is 0 Å². The first kappa shape index (κ1) is 14.7. The molecule has 1 aliphatic heterocycles. The molecule has 1 fully saturated rings. The molecule has 0 bridgehead atoms. The van der Waals surface area contributed by atoms with Crippen molar-refractivity contribution in [1.29, 1.82) is 0 Å². The minimum atomic E-state index is -0.270. The number of amides is 1. The Morgan fingerprint density at radius 2 is 2.40 bits per heavy atom. The zero-order valence-electron chi connectivity index (χ0n) is 12.0. The van der Waals surface area contributed by atoms with Crippen molar-refractivity contribution in [3.8, 4) is 5.75 Å². The van der Waals surface area contributed by atoms with Crippen LogP contribution in [0.15, 0.2) is 24.3 Å². The third-order valence-electron chi connectivity index (χ3n) is 3.77. The molecule has 20 heavy (non-hydrogen) atoms. The first-order chi connectivity index (χ1) is 9.49. The van der Waals surface area contributed by atoms with E-state index in [0.717, 1.165) is 6.42 Å². The van der Waals surface area contributed by atoms with E-state index in [2.05, 4.69) is 5.32 Å². The van der Waals surface area contributed by atoms with Crippen LogP contribution >= 0.6 is 0 Å². The van der Waals surface area contributed by atoms with E-state index in [-0.39, 0.29) is 17.6 Å². The van der Waals surface area contributed by atoms with Gasteiger partial charge in [-0.1, -0.05) is 6.07 Å². The molecule has 2 atom stereocenters. The molecule has 0 spiro atoms. The Hall–Kier alpha value is -1.75. The van der Waals surface area contributed by atoms with E-state index in [9.17, 15) is 4.79 Å². The van der Waals surface area contributed by atoms with Gasteiger partial charge in [0, 0.05) is 18.4 Å². The number of ether oxygens (including phenoxy) is 2. The molecule has 5 nitrogen and oxygen atoms in total. The third-order valence-corrected chi connectivity index (χ3v) is 3.77. The largest absolute Gasteiger partial charge is 0.493 e. The topological polar surface area (TPSA) is 73.6 Å². The van der Waals surface area contributed by atoms with Crippen LogP contribution in [-0.2, 0) is 9.53 Å². The normalized spacial score (nSPS) is 25.4. The van der Waals surface area contributed by atoms with Crippen LogP contribution in [0.1, 0.15) is 26.7 Å². The maximum absolute atomic E-state index is 11.9. The zero-order chi connectivity index (χ0) is 14.6. The smallest absolute Gasteiger partial charge is 0.223 e. The lowest BCUT2D eigenvalue weighted by molar-refractivity contribution is -0.124. The van der Waals surface area contributed by atoms with Crippen molar-refractivity contribution < 1.29 is 14.3 Å². The summed E-state index contributed by atoms with van der Waals surface area (Å²) in [5.41, 5.74) is 6.04. The van der Waals surface area contributed by atoms with Crippen LogP contribution < -0.4 is 15.8 Å². The van der Waals surface area contributed by atoms with E-state index in [1.165, 1.54) is 0 Å². The number of rotatable bonds is 5. The van der Waals surface area contributed by atoms with Crippen LogP contribution in [0.5, 0.6) is 5.75 Å². The van der Waals surface area contributed by atoms with Crippen LogP contribution in [0.2, 0.25) is 0 Å². The molecule has 2 unspecified atom stereocenters. The lowest BCUT2D eigenvalue weighted by Gasteiger charge is -2.28. The van der Waals surface area contributed by atoms with Crippen LogP contribution in [0.4, 0.5) is 5.69 Å². The number of carbonyl (C=O) groups excluding carboxylic acids is 1. The number of nitrogen functional groups attached to an aromatic ring is 1. The molecular formula is C15H22N2O3. The fourth-order valence-corrected chi connectivity index (χ4v) is 2.25. The quantitative estimate of drug-likeness (QED) is 0.804. The molecule has 0 aromatic heterocycles. The molecular weight excluding hydrogens is 256 g/mol. The van der Waals surface area contributed by atoms with E-state index in [0.29, 0.717) is 31.1 Å². The van der Waals surface area contributed by atoms with Crippen molar-refractivity contribution >= 4 is 11.6 Å². The molecule has 1 heterocycles. The lowest BCUT2D eigenvalue weighted by atomic mass is 9.94. The monoisotopic (exact) mass is 278 g/mol. The Labute approximate surface area is 119 Å². The van der Waals surface area contributed by atoms with Crippen molar-refractivity contribution in [3.63, 3.8) is 0 Å². The van der Waals surface area contributed by atoms with Gasteiger partial charge in [0.2, 0.25) is 5.91 Å². The molecule has 110 valence electrons. The summed E-state index contributed by atoms with van der Waals surface area (Å²) in [6.45, 7) is 5.02. The van der Waals surface area contributed by atoms with E-state index in [1.807, 2.05) is 26.0 Å². The summed E-state index contributed by atoms with van der Waals surface area (Å²) in [6, 6.07) is 7.18. The molecule has 5 heteroatoms. The van der Waals surface area contributed by atoms with Crippen molar-refractivity contribution in [1.82, 2.24) is 5.32 Å². The SMILES string of the molecule is CC1OCCC1(C)NC(=O)CCOc1cccc(N)c1. The van der Waals surface area contributed by atoms with E-state index in [4.69, 9.17) is 15.2 Å². The van der Waals surface area contributed by atoms with Crippen LogP contribution in [0.25, 0.3) is 0 Å². The predicted molar refractivity (Wildman–Crippen MR) is 77.5 cm³/mol. The molecule has 2 rings (SSSR count). The Kier molecular flexibility index (Phi) is 4.49. The second kappa shape index (κ2) is 6.13. The highest BCUT2D eigenvalue weighted by Gasteiger charge is 2.37. The van der Waals surface area contributed by atoms with Gasteiger partial charge in [-0.05, 0) is 32.4 Å². The summed E-state index contributed by atoms with van der Waals surface area (Å²) in [6.07, 6.45) is 1.20.